The van der Waals surface area contributed by atoms with E-state index in [0.29, 0.717) is 28.1 Å². The van der Waals surface area contributed by atoms with E-state index in [-0.39, 0.29) is 11.9 Å². The summed E-state index contributed by atoms with van der Waals surface area (Å²) >= 11 is 0. The summed E-state index contributed by atoms with van der Waals surface area (Å²) in [4.78, 5) is 32.5. The van der Waals surface area contributed by atoms with Gasteiger partial charge in [0.25, 0.3) is 17.8 Å². The molecular formula is C24H16N8O2. The summed E-state index contributed by atoms with van der Waals surface area (Å²) in [6, 6.07) is 21.7. The molecule has 0 aliphatic carbocycles. The smallest absolute Gasteiger partial charge is 0.258 e. The number of rotatable bonds is 6. The lowest BCUT2D eigenvalue weighted by atomic mass is 10.1. The van der Waals surface area contributed by atoms with Crippen LogP contribution in [0.2, 0.25) is 0 Å². The van der Waals surface area contributed by atoms with E-state index in [1.165, 1.54) is 28.9 Å². The van der Waals surface area contributed by atoms with E-state index in [1.807, 2.05) is 6.07 Å². The van der Waals surface area contributed by atoms with Crippen molar-refractivity contribution in [3.8, 4) is 18.0 Å². The molecule has 0 aliphatic heterocycles. The number of azide groups is 1. The molecule has 10 heteroatoms. The Hall–Kier alpha value is -5.39. The monoisotopic (exact) mass is 448 g/mol. The van der Waals surface area contributed by atoms with E-state index in [0.717, 1.165) is 0 Å². The third kappa shape index (κ3) is 4.91. The molecule has 34 heavy (non-hydrogen) atoms. The van der Waals surface area contributed by atoms with Crippen molar-refractivity contribution in [2.24, 2.45) is 5.11 Å². The van der Waals surface area contributed by atoms with Gasteiger partial charge in [-0.2, -0.15) is 9.67 Å². The maximum absolute atomic E-state index is 12.8. The van der Waals surface area contributed by atoms with Crippen LogP contribution in [0.5, 0.6) is 0 Å². The minimum Gasteiger partial charge on any atom is -0.290 e. The predicted molar refractivity (Wildman–Crippen MR) is 127 cm³/mol. The van der Waals surface area contributed by atoms with Crippen LogP contribution in [0, 0.1) is 12.3 Å². The molecule has 0 radical (unpaired) electrons. The van der Waals surface area contributed by atoms with Crippen molar-refractivity contribution in [3.05, 3.63) is 106 Å². The van der Waals surface area contributed by atoms with Crippen LogP contribution < -0.4 is 10.6 Å². The highest BCUT2D eigenvalue weighted by Gasteiger charge is 2.17. The highest BCUT2D eigenvalue weighted by Crippen LogP contribution is 2.19. The molecule has 0 spiro atoms. The van der Waals surface area contributed by atoms with E-state index >= 15 is 0 Å². The number of hydrogen-bond acceptors (Lipinski definition) is 5. The van der Waals surface area contributed by atoms with Crippen molar-refractivity contribution in [1.29, 1.82) is 0 Å². The molecule has 3 aromatic carbocycles. The van der Waals surface area contributed by atoms with Gasteiger partial charge in [0.05, 0.1) is 5.69 Å². The Morgan fingerprint density at radius 2 is 1.68 bits per heavy atom. The Bertz CT molecular complexity index is 1450. The molecule has 2 amide bonds. The van der Waals surface area contributed by atoms with Crippen molar-refractivity contribution in [3.63, 3.8) is 0 Å². The van der Waals surface area contributed by atoms with Gasteiger partial charge in [-0.05, 0) is 48.0 Å². The zero-order chi connectivity index (χ0) is 23.9. The Labute approximate surface area is 193 Å². The number of nitrogens with zero attached hydrogens (tertiary/aromatic N) is 6. The number of amides is 2. The Balaban J connectivity index is 1.62. The molecule has 0 fully saturated rings. The van der Waals surface area contributed by atoms with Crippen LogP contribution in [0.3, 0.4) is 0 Å². The summed E-state index contributed by atoms with van der Waals surface area (Å²) in [5.74, 6) is 1.66. The molecule has 4 aromatic rings. The van der Waals surface area contributed by atoms with E-state index in [4.69, 9.17) is 12.0 Å². The van der Waals surface area contributed by atoms with Crippen LogP contribution in [0.4, 0.5) is 17.6 Å². The van der Waals surface area contributed by atoms with E-state index in [2.05, 4.69) is 36.7 Å². The number of benzene rings is 3. The summed E-state index contributed by atoms with van der Waals surface area (Å²) < 4.78 is 1.40. The third-order valence-corrected chi connectivity index (χ3v) is 4.64. The largest absolute Gasteiger partial charge is 0.290 e. The van der Waals surface area contributed by atoms with Crippen molar-refractivity contribution < 1.29 is 9.59 Å². The maximum atomic E-state index is 12.8. The topological polar surface area (TPSA) is 138 Å². The summed E-state index contributed by atoms with van der Waals surface area (Å²) in [6.45, 7) is 0. The van der Waals surface area contributed by atoms with Gasteiger partial charge < -0.3 is 0 Å². The molecule has 0 unspecified atom stereocenters. The Morgan fingerprint density at radius 1 is 0.941 bits per heavy atom. The van der Waals surface area contributed by atoms with Gasteiger partial charge in [-0.3, -0.25) is 20.2 Å². The van der Waals surface area contributed by atoms with Gasteiger partial charge in [0.15, 0.2) is 0 Å². The SMILES string of the molecule is C#Cc1cccc(C(=O)Nc2nc(NC(=O)c3ccc(N=[N+]=[N-])cc3)n(-c3ccccc3)n2)c1. The normalized spacial score (nSPS) is 9.97. The average molecular weight is 448 g/mol. The quantitative estimate of drug-likeness (QED) is 0.191. The lowest BCUT2D eigenvalue weighted by Crippen LogP contribution is -2.15. The lowest BCUT2D eigenvalue weighted by Gasteiger charge is -2.07. The summed E-state index contributed by atoms with van der Waals surface area (Å²) in [7, 11) is 0. The fourth-order valence-corrected chi connectivity index (χ4v) is 3.02. The number of carbonyl (C=O) groups excluding carboxylic acids is 2. The molecule has 0 saturated heterocycles. The maximum Gasteiger partial charge on any atom is 0.258 e. The Morgan fingerprint density at radius 3 is 2.38 bits per heavy atom. The van der Waals surface area contributed by atoms with Gasteiger partial charge in [0.1, 0.15) is 0 Å². The molecule has 0 saturated carbocycles. The van der Waals surface area contributed by atoms with Crippen LogP contribution in [0.1, 0.15) is 26.3 Å². The number of terminal acetylenes is 1. The second kappa shape index (κ2) is 9.82. The van der Waals surface area contributed by atoms with Gasteiger partial charge in [-0.15, -0.1) is 11.5 Å². The first-order valence-electron chi connectivity index (χ1n) is 9.94. The molecule has 10 nitrogen and oxygen atoms in total. The number of anilines is 2. The minimum absolute atomic E-state index is 0.00558. The van der Waals surface area contributed by atoms with Gasteiger partial charge in [0.2, 0.25) is 5.95 Å². The van der Waals surface area contributed by atoms with Gasteiger partial charge in [0, 0.05) is 27.3 Å². The predicted octanol–water partition coefficient (Wildman–Crippen LogP) is 4.70. The summed E-state index contributed by atoms with van der Waals surface area (Å²) in [6.07, 6.45) is 5.41. The van der Waals surface area contributed by atoms with E-state index in [1.54, 1.807) is 48.5 Å². The van der Waals surface area contributed by atoms with Crippen LogP contribution in [0.15, 0.2) is 84.0 Å². The number of nitrogens with one attached hydrogen (secondary N) is 2. The van der Waals surface area contributed by atoms with Gasteiger partial charge in [-0.1, -0.05) is 47.4 Å². The Kier molecular flexibility index (Phi) is 6.31. The van der Waals surface area contributed by atoms with Crippen molar-refractivity contribution in [2.45, 2.75) is 0 Å². The van der Waals surface area contributed by atoms with Crippen LogP contribution >= 0.6 is 0 Å². The van der Waals surface area contributed by atoms with Gasteiger partial charge >= 0.3 is 0 Å². The summed E-state index contributed by atoms with van der Waals surface area (Å²) in [5, 5.41) is 13.1. The highest BCUT2D eigenvalue weighted by atomic mass is 16.2. The van der Waals surface area contributed by atoms with Crippen molar-refractivity contribution >= 4 is 29.4 Å². The summed E-state index contributed by atoms with van der Waals surface area (Å²) in [5.41, 5.74) is 10.7. The second-order valence-corrected chi connectivity index (χ2v) is 6.88. The minimum atomic E-state index is -0.461. The molecule has 0 atom stereocenters. The molecule has 0 bridgehead atoms. The first-order chi connectivity index (χ1) is 16.6. The van der Waals surface area contributed by atoms with E-state index < -0.39 is 11.8 Å². The van der Waals surface area contributed by atoms with Gasteiger partial charge in [-0.25, -0.2) is 0 Å². The molecule has 2 N–H and O–H groups in total. The first-order valence-corrected chi connectivity index (χ1v) is 9.94. The van der Waals surface area contributed by atoms with Crippen molar-refractivity contribution in [1.82, 2.24) is 14.8 Å². The molecule has 0 aliphatic rings. The fraction of sp³-hybridized carbons (Fsp3) is 0. The van der Waals surface area contributed by atoms with E-state index in [9.17, 15) is 9.59 Å². The van der Waals surface area contributed by atoms with Crippen LogP contribution in [-0.2, 0) is 0 Å². The van der Waals surface area contributed by atoms with Crippen LogP contribution in [-0.4, -0.2) is 26.6 Å². The standard InChI is InChI=1S/C24H16N8O2/c1-2-16-7-6-8-18(15-16)22(34)26-23-28-24(32(30-23)20-9-4-3-5-10-20)27-21(33)17-11-13-19(14-12-17)29-31-25/h1,3-15H,(H2,26,27,28,30,33,34). The number of hydrogen-bond donors (Lipinski definition) is 2. The zero-order valence-electron chi connectivity index (χ0n) is 17.6. The molecule has 1 heterocycles. The molecule has 4 rings (SSSR count). The zero-order valence-corrected chi connectivity index (χ0v) is 17.6. The molecular weight excluding hydrogens is 432 g/mol. The highest BCUT2D eigenvalue weighted by molar-refractivity contribution is 6.05. The lowest BCUT2D eigenvalue weighted by molar-refractivity contribution is 0.101. The number of carbonyl (C=O) groups is 2. The number of aromatic nitrogens is 3. The second-order valence-electron chi connectivity index (χ2n) is 6.88. The number of para-hydroxylation sites is 1. The van der Waals surface area contributed by atoms with Crippen LogP contribution in [0.25, 0.3) is 16.1 Å². The molecule has 164 valence electrons. The first kappa shape index (κ1) is 21.8. The average Bonchev–Trinajstić information content (AvgIpc) is 3.27. The third-order valence-electron chi connectivity index (χ3n) is 4.64. The fourth-order valence-electron chi connectivity index (χ4n) is 3.02. The molecule has 1 aromatic heterocycles. The van der Waals surface area contributed by atoms with Crippen molar-refractivity contribution in [2.75, 3.05) is 10.6 Å².